The zero-order valence-corrected chi connectivity index (χ0v) is 31.9. The summed E-state index contributed by atoms with van der Waals surface area (Å²) in [6.45, 7) is 26.1. The molecular formula is C44H64N2O4. The van der Waals surface area contributed by atoms with Crippen molar-refractivity contribution in [2.45, 2.75) is 117 Å². The van der Waals surface area contributed by atoms with Gasteiger partial charge in [-0.25, -0.2) is 0 Å². The van der Waals surface area contributed by atoms with Crippen LogP contribution in [0, 0.1) is 51.2 Å². The second-order valence-electron chi connectivity index (χ2n) is 19.2. The van der Waals surface area contributed by atoms with Gasteiger partial charge >= 0.3 is 0 Å². The molecule has 7 aliphatic rings. The van der Waals surface area contributed by atoms with E-state index in [4.69, 9.17) is 14.2 Å². The first kappa shape index (κ1) is 35.1. The first-order valence-corrected chi connectivity index (χ1v) is 20.1. The molecule has 2 saturated heterocycles. The molecule has 6 heteroatoms. The van der Waals surface area contributed by atoms with Gasteiger partial charge < -0.3 is 19.5 Å². The van der Waals surface area contributed by atoms with E-state index in [9.17, 15) is 4.79 Å². The van der Waals surface area contributed by atoms with Gasteiger partial charge in [0.1, 0.15) is 5.75 Å². The number of hydrogen-bond donors (Lipinski definition) is 1. The van der Waals surface area contributed by atoms with Crippen LogP contribution < -0.4 is 10.1 Å². The molecule has 4 saturated carbocycles. The summed E-state index contributed by atoms with van der Waals surface area (Å²) in [6.07, 6.45) is 14.3. The number of ether oxygens (including phenoxy) is 3. The second-order valence-corrected chi connectivity index (χ2v) is 19.2. The van der Waals surface area contributed by atoms with E-state index in [0.29, 0.717) is 52.9 Å². The van der Waals surface area contributed by atoms with Gasteiger partial charge in [0.15, 0.2) is 0 Å². The van der Waals surface area contributed by atoms with Gasteiger partial charge in [0.25, 0.3) is 6.47 Å². The molecule has 274 valence electrons. The van der Waals surface area contributed by atoms with Gasteiger partial charge in [0.05, 0.1) is 38.5 Å². The van der Waals surface area contributed by atoms with E-state index >= 15 is 0 Å². The Hall–Kier alpha value is -1.99. The summed E-state index contributed by atoms with van der Waals surface area (Å²) in [5.41, 5.74) is 5.41. The van der Waals surface area contributed by atoms with E-state index in [2.05, 4.69) is 76.5 Å². The summed E-state index contributed by atoms with van der Waals surface area (Å²) in [5, 5.41) is 4.35. The molecule has 2 heterocycles. The Bertz CT molecular complexity index is 1480. The average molecular weight is 685 g/mol. The van der Waals surface area contributed by atoms with Crippen LogP contribution in [0.1, 0.15) is 105 Å². The van der Waals surface area contributed by atoms with Crippen molar-refractivity contribution in [3.05, 3.63) is 48.1 Å². The van der Waals surface area contributed by atoms with Crippen LogP contribution in [-0.2, 0) is 14.3 Å². The number of allylic oxidation sites excluding steroid dienone is 3. The fourth-order valence-electron chi connectivity index (χ4n) is 14.6. The van der Waals surface area contributed by atoms with Gasteiger partial charge in [0, 0.05) is 18.6 Å². The molecule has 9 atom stereocenters. The number of carbonyl (C=O) groups is 1. The van der Waals surface area contributed by atoms with E-state index in [1.54, 1.807) is 0 Å². The van der Waals surface area contributed by atoms with Crippen molar-refractivity contribution in [2.75, 3.05) is 39.5 Å². The predicted octanol–water partition coefficient (Wildman–Crippen LogP) is 8.31. The number of nitrogens with zero attached hydrogens (tertiary/aromatic N) is 1. The summed E-state index contributed by atoms with van der Waals surface area (Å²) in [7, 11) is 0. The lowest BCUT2D eigenvalue weighted by atomic mass is 9.33. The van der Waals surface area contributed by atoms with Crippen LogP contribution in [0.25, 0.3) is 5.57 Å². The third kappa shape index (κ3) is 5.11. The third-order valence-corrected chi connectivity index (χ3v) is 17.0. The maximum Gasteiger partial charge on any atom is 0.298 e. The van der Waals surface area contributed by atoms with Crippen LogP contribution in [0.15, 0.2) is 42.5 Å². The van der Waals surface area contributed by atoms with Crippen LogP contribution in [0.2, 0.25) is 0 Å². The number of nitrogens with one attached hydrogen (secondary N) is 1. The van der Waals surface area contributed by atoms with E-state index in [1.165, 1.54) is 68.1 Å². The van der Waals surface area contributed by atoms with Crippen molar-refractivity contribution in [3.63, 3.8) is 0 Å². The van der Waals surface area contributed by atoms with Crippen LogP contribution in [0.4, 0.5) is 0 Å². The Balaban J connectivity index is 1.05. The van der Waals surface area contributed by atoms with E-state index < -0.39 is 0 Å². The molecule has 2 aliphatic heterocycles. The van der Waals surface area contributed by atoms with Crippen molar-refractivity contribution >= 4 is 12.0 Å². The lowest BCUT2D eigenvalue weighted by Crippen LogP contribution is -2.68. The van der Waals surface area contributed by atoms with E-state index in [1.807, 2.05) is 12.1 Å². The minimum absolute atomic E-state index is 0.0757. The Labute approximate surface area is 302 Å². The van der Waals surface area contributed by atoms with Gasteiger partial charge in [-0.05, 0) is 139 Å². The molecule has 1 aromatic carbocycles. The van der Waals surface area contributed by atoms with Crippen molar-refractivity contribution in [3.8, 4) is 5.75 Å². The molecule has 0 amide bonds. The quantitative estimate of drug-likeness (QED) is 0.220. The van der Waals surface area contributed by atoms with Crippen LogP contribution >= 0.6 is 0 Å². The first-order chi connectivity index (χ1) is 23.9. The fourth-order valence-corrected chi connectivity index (χ4v) is 14.6. The number of benzene rings is 1. The SMILES string of the molecule is C=C(C)[C@@H]1CC[C@]2(NCCN3C4COCC3COC4)CC[C@]3(C)[C@H](CC[C@@H]4[C@@]5(C)CC=C(c6ccc(OC=O)cc6)C(C)(C)[C@@H]5CC[C@]43C)[C@@H]12. The number of morpholine rings is 2. The number of carbonyl (C=O) groups excluding carboxylic acids is 1. The Kier molecular flexibility index (Phi) is 8.81. The van der Waals surface area contributed by atoms with Gasteiger partial charge in [-0.15, -0.1) is 0 Å². The largest absolute Gasteiger partial charge is 0.429 e. The standard InChI is InChI=1S/C44H64N2O4/c1-29(2)34-14-19-44(45-22-23-46-31-24-48-26-32(46)27-49-25-31)21-20-42(6)36(39(34)44)12-13-38-41(5)17-15-35(30-8-10-33(11-9-30)50-28-47)40(3,4)37(41)16-18-43(38,42)7/h8-11,15,28,31-32,34,36-39,45H,1,12-14,16-27H2,2-7H3/t31?,32?,34-,36+,37-,38+,39+,41-,42+,43+,44-/m0/s1. The number of rotatable bonds is 8. The normalized spacial score (nSPS) is 44.9. The van der Waals surface area contributed by atoms with Crippen LogP contribution in [0.3, 0.4) is 0 Å². The van der Waals surface area contributed by atoms with E-state index in [0.717, 1.165) is 57.8 Å². The van der Waals surface area contributed by atoms with E-state index in [-0.39, 0.29) is 16.4 Å². The van der Waals surface area contributed by atoms with Gasteiger partial charge in [0.2, 0.25) is 0 Å². The summed E-state index contributed by atoms with van der Waals surface area (Å²) >= 11 is 0. The molecule has 50 heavy (non-hydrogen) atoms. The lowest BCUT2D eigenvalue weighted by molar-refractivity contribution is -0.219. The predicted molar refractivity (Wildman–Crippen MR) is 200 cm³/mol. The summed E-state index contributed by atoms with van der Waals surface area (Å²) in [6, 6.07) is 9.00. The van der Waals surface area contributed by atoms with Crippen LogP contribution in [-0.4, -0.2) is 68.5 Å². The maximum atomic E-state index is 10.9. The maximum absolute atomic E-state index is 10.9. The molecule has 2 bridgehead atoms. The zero-order valence-electron chi connectivity index (χ0n) is 31.9. The summed E-state index contributed by atoms with van der Waals surface area (Å²) < 4.78 is 16.9. The smallest absolute Gasteiger partial charge is 0.298 e. The third-order valence-electron chi connectivity index (χ3n) is 17.0. The van der Waals surface area contributed by atoms with Gasteiger partial charge in [-0.1, -0.05) is 65.0 Å². The summed E-state index contributed by atoms with van der Waals surface area (Å²) in [4.78, 5) is 13.6. The minimum Gasteiger partial charge on any atom is -0.429 e. The average Bonchev–Trinajstić information content (AvgIpc) is 3.46. The molecule has 1 N–H and O–H groups in total. The van der Waals surface area contributed by atoms with Gasteiger partial charge in [-0.2, -0.15) is 0 Å². The van der Waals surface area contributed by atoms with Crippen LogP contribution in [0.5, 0.6) is 5.75 Å². The monoisotopic (exact) mass is 684 g/mol. The summed E-state index contributed by atoms with van der Waals surface area (Å²) in [5.74, 6) is 4.01. The molecule has 8 rings (SSSR count). The molecule has 1 aromatic rings. The Morgan fingerprint density at radius 3 is 2.26 bits per heavy atom. The topological polar surface area (TPSA) is 60.0 Å². The molecule has 6 nitrogen and oxygen atoms in total. The molecule has 6 fully saturated rings. The fraction of sp³-hybridized carbons (Fsp3) is 0.750. The first-order valence-electron chi connectivity index (χ1n) is 20.1. The zero-order chi connectivity index (χ0) is 35.1. The number of hydrogen-bond acceptors (Lipinski definition) is 6. The highest BCUT2D eigenvalue weighted by Gasteiger charge is 2.70. The van der Waals surface area contributed by atoms with Crippen molar-refractivity contribution < 1.29 is 19.0 Å². The highest BCUT2D eigenvalue weighted by molar-refractivity contribution is 5.72. The Morgan fingerprint density at radius 1 is 0.900 bits per heavy atom. The molecular weight excluding hydrogens is 620 g/mol. The van der Waals surface area contributed by atoms with Crippen molar-refractivity contribution in [1.82, 2.24) is 10.2 Å². The minimum atomic E-state index is 0.0757. The van der Waals surface area contributed by atoms with Gasteiger partial charge in [-0.3, -0.25) is 9.69 Å². The second kappa shape index (κ2) is 12.6. The van der Waals surface area contributed by atoms with Crippen molar-refractivity contribution in [2.24, 2.45) is 51.2 Å². The molecule has 0 spiro atoms. The molecule has 0 unspecified atom stereocenters. The molecule has 5 aliphatic carbocycles. The highest BCUT2D eigenvalue weighted by atomic mass is 16.5. The molecule has 0 aromatic heterocycles. The van der Waals surface area contributed by atoms with Crippen molar-refractivity contribution in [1.29, 1.82) is 0 Å². The molecule has 0 radical (unpaired) electrons. The highest BCUT2D eigenvalue weighted by Crippen LogP contribution is 2.76. The Morgan fingerprint density at radius 2 is 1.60 bits per heavy atom. The lowest BCUT2D eigenvalue weighted by Gasteiger charge is -2.72. The number of fused-ring (bicyclic) bond motifs is 9.